The number of hydrogen-bond acceptors (Lipinski definition) is 4. The third kappa shape index (κ3) is 2.35. The number of nitrogens with zero attached hydrogens (tertiary/aromatic N) is 2. The van der Waals surface area contributed by atoms with Gasteiger partial charge in [-0.3, -0.25) is 4.98 Å². The monoisotopic (exact) mass is 278 g/mol. The molecule has 5 heteroatoms. The smallest absolute Gasteiger partial charge is 0.141 e. The van der Waals surface area contributed by atoms with E-state index in [1.165, 1.54) is 12.1 Å². The Balaban J connectivity index is 2.07. The molecule has 1 aromatic heterocycles. The minimum atomic E-state index is -0.535. The number of aromatic nitrogens is 1. The molecule has 4 nitrogen and oxygen atoms in total. The zero-order valence-corrected chi connectivity index (χ0v) is 11.0. The summed E-state index contributed by atoms with van der Waals surface area (Å²) in [6, 6.07) is 11.6. The standard InChI is InChI=1S/C16H11FN4/c17-14-2-1-11(7-10(14)8-18)21-16-4-3-15(19)12-5-6-20-9-13(12)16/h1-7,9,21H,19H2. The zero-order valence-electron chi connectivity index (χ0n) is 11.0. The first kappa shape index (κ1) is 12.9. The number of fused-ring (bicyclic) bond motifs is 1. The van der Waals surface area contributed by atoms with Crippen molar-refractivity contribution in [2.75, 3.05) is 11.1 Å². The highest BCUT2D eigenvalue weighted by Crippen LogP contribution is 2.30. The summed E-state index contributed by atoms with van der Waals surface area (Å²) in [5.41, 5.74) is 8.02. The molecule has 0 fully saturated rings. The molecule has 0 bridgehead atoms. The van der Waals surface area contributed by atoms with E-state index in [1.807, 2.05) is 18.2 Å². The van der Waals surface area contributed by atoms with E-state index < -0.39 is 5.82 Å². The van der Waals surface area contributed by atoms with E-state index in [0.717, 1.165) is 16.5 Å². The molecule has 0 radical (unpaired) electrons. The van der Waals surface area contributed by atoms with Crippen molar-refractivity contribution in [3.05, 3.63) is 60.2 Å². The molecular formula is C16H11FN4. The van der Waals surface area contributed by atoms with Gasteiger partial charge in [-0.1, -0.05) is 0 Å². The summed E-state index contributed by atoms with van der Waals surface area (Å²) in [4.78, 5) is 4.10. The van der Waals surface area contributed by atoms with Crippen LogP contribution in [0.25, 0.3) is 10.8 Å². The molecule has 21 heavy (non-hydrogen) atoms. The molecule has 0 aliphatic heterocycles. The molecule has 0 saturated carbocycles. The van der Waals surface area contributed by atoms with Crippen LogP contribution >= 0.6 is 0 Å². The van der Waals surface area contributed by atoms with Gasteiger partial charge in [0.05, 0.1) is 5.56 Å². The summed E-state index contributed by atoms with van der Waals surface area (Å²) in [5.74, 6) is -0.535. The summed E-state index contributed by atoms with van der Waals surface area (Å²) < 4.78 is 13.3. The van der Waals surface area contributed by atoms with Gasteiger partial charge in [0, 0.05) is 40.2 Å². The van der Waals surface area contributed by atoms with E-state index in [1.54, 1.807) is 24.5 Å². The van der Waals surface area contributed by atoms with Crippen LogP contribution in [0.2, 0.25) is 0 Å². The number of nitrogen functional groups attached to an aromatic ring is 1. The maximum atomic E-state index is 13.3. The van der Waals surface area contributed by atoms with Crippen molar-refractivity contribution in [3.63, 3.8) is 0 Å². The van der Waals surface area contributed by atoms with Crippen molar-refractivity contribution < 1.29 is 4.39 Å². The molecule has 2 aromatic carbocycles. The minimum absolute atomic E-state index is 0.00197. The van der Waals surface area contributed by atoms with E-state index >= 15 is 0 Å². The van der Waals surface area contributed by atoms with Crippen LogP contribution in [-0.2, 0) is 0 Å². The lowest BCUT2D eigenvalue weighted by molar-refractivity contribution is 0.624. The predicted molar refractivity (Wildman–Crippen MR) is 80.6 cm³/mol. The lowest BCUT2D eigenvalue weighted by Gasteiger charge is -2.11. The lowest BCUT2D eigenvalue weighted by atomic mass is 10.1. The fraction of sp³-hybridized carbons (Fsp3) is 0. The van der Waals surface area contributed by atoms with Crippen molar-refractivity contribution in [2.24, 2.45) is 0 Å². The Morgan fingerprint density at radius 3 is 2.81 bits per heavy atom. The number of benzene rings is 2. The first-order valence-corrected chi connectivity index (χ1v) is 6.28. The minimum Gasteiger partial charge on any atom is -0.398 e. The van der Waals surface area contributed by atoms with Crippen LogP contribution in [0, 0.1) is 17.1 Å². The van der Waals surface area contributed by atoms with Gasteiger partial charge in [0.1, 0.15) is 11.9 Å². The molecule has 0 aliphatic carbocycles. The molecule has 0 amide bonds. The number of hydrogen-bond donors (Lipinski definition) is 2. The number of nitrogens with two attached hydrogens (primary N) is 1. The second-order valence-corrected chi connectivity index (χ2v) is 4.56. The van der Waals surface area contributed by atoms with Gasteiger partial charge >= 0.3 is 0 Å². The molecule has 0 spiro atoms. The topological polar surface area (TPSA) is 74.7 Å². The third-order valence-corrected chi connectivity index (χ3v) is 3.22. The Bertz CT molecular complexity index is 868. The normalized spacial score (nSPS) is 10.3. The highest BCUT2D eigenvalue weighted by Gasteiger charge is 2.07. The molecule has 3 rings (SSSR count). The summed E-state index contributed by atoms with van der Waals surface area (Å²) in [6.07, 6.45) is 3.39. The first-order valence-electron chi connectivity index (χ1n) is 6.28. The van der Waals surface area contributed by atoms with Crippen LogP contribution in [0.15, 0.2) is 48.8 Å². The molecule has 102 valence electrons. The highest BCUT2D eigenvalue weighted by atomic mass is 19.1. The highest BCUT2D eigenvalue weighted by molar-refractivity contribution is 6.01. The zero-order chi connectivity index (χ0) is 14.8. The van der Waals surface area contributed by atoms with Crippen LogP contribution in [0.1, 0.15) is 5.56 Å². The van der Waals surface area contributed by atoms with Crippen LogP contribution in [0.4, 0.5) is 21.5 Å². The Morgan fingerprint density at radius 2 is 2.00 bits per heavy atom. The van der Waals surface area contributed by atoms with Crippen LogP contribution in [0.5, 0.6) is 0 Å². The number of nitrogens with one attached hydrogen (secondary N) is 1. The van der Waals surface area contributed by atoms with Crippen molar-refractivity contribution in [3.8, 4) is 6.07 Å². The van der Waals surface area contributed by atoms with Crippen LogP contribution < -0.4 is 11.1 Å². The van der Waals surface area contributed by atoms with E-state index in [2.05, 4.69) is 10.3 Å². The quantitative estimate of drug-likeness (QED) is 0.703. The van der Waals surface area contributed by atoms with E-state index in [0.29, 0.717) is 11.4 Å². The fourth-order valence-electron chi connectivity index (χ4n) is 2.17. The maximum Gasteiger partial charge on any atom is 0.141 e. The average molecular weight is 278 g/mol. The average Bonchev–Trinajstić information content (AvgIpc) is 2.52. The maximum absolute atomic E-state index is 13.3. The predicted octanol–water partition coefficient (Wildman–Crippen LogP) is 3.57. The number of anilines is 3. The molecule has 0 saturated heterocycles. The van der Waals surface area contributed by atoms with Crippen molar-refractivity contribution >= 4 is 27.8 Å². The first-order chi connectivity index (χ1) is 10.2. The van der Waals surface area contributed by atoms with Gasteiger partial charge in [-0.25, -0.2) is 4.39 Å². The Labute approximate surface area is 120 Å². The van der Waals surface area contributed by atoms with Gasteiger partial charge < -0.3 is 11.1 Å². The van der Waals surface area contributed by atoms with E-state index in [-0.39, 0.29) is 5.56 Å². The summed E-state index contributed by atoms with van der Waals surface area (Å²) in [6.45, 7) is 0. The van der Waals surface area contributed by atoms with Gasteiger partial charge in [0.15, 0.2) is 0 Å². The second kappa shape index (κ2) is 5.10. The van der Waals surface area contributed by atoms with Gasteiger partial charge in [-0.15, -0.1) is 0 Å². The number of pyridine rings is 1. The molecule has 3 N–H and O–H groups in total. The molecule has 0 unspecified atom stereocenters. The molecule has 1 heterocycles. The molecule has 3 aromatic rings. The number of halogens is 1. The van der Waals surface area contributed by atoms with E-state index in [4.69, 9.17) is 11.0 Å². The lowest BCUT2D eigenvalue weighted by Crippen LogP contribution is -1.96. The largest absolute Gasteiger partial charge is 0.398 e. The Morgan fingerprint density at radius 1 is 1.14 bits per heavy atom. The summed E-state index contributed by atoms with van der Waals surface area (Å²) in [7, 11) is 0. The van der Waals surface area contributed by atoms with Crippen LogP contribution in [-0.4, -0.2) is 4.98 Å². The number of nitriles is 1. The van der Waals surface area contributed by atoms with Crippen LogP contribution in [0.3, 0.4) is 0 Å². The summed E-state index contributed by atoms with van der Waals surface area (Å²) >= 11 is 0. The Hall–Kier alpha value is -3.13. The molecule has 0 atom stereocenters. The van der Waals surface area contributed by atoms with Gasteiger partial charge in [0.2, 0.25) is 0 Å². The number of rotatable bonds is 2. The SMILES string of the molecule is N#Cc1cc(Nc2ccc(N)c3ccncc23)ccc1F. The second-order valence-electron chi connectivity index (χ2n) is 4.56. The van der Waals surface area contributed by atoms with Crippen molar-refractivity contribution in [1.29, 1.82) is 5.26 Å². The van der Waals surface area contributed by atoms with Gasteiger partial charge in [0.25, 0.3) is 0 Å². The van der Waals surface area contributed by atoms with Crippen molar-refractivity contribution in [2.45, 2.75) is 0 Å². The third-order valence-electron chi connectivity index (χ3n) is 3.22. The molecular weight excluding hydrogens is 267 g/mol. The van der Waals surface area contributed by atoms with Crippen molar-refractivity contribution in [1.82, 2.24) is 4.98 Å². The summed E-state index contributed by atoms with van der Waals surface area (Å²) in [5, 5.41) is 13.8. The molecule has 0 aliphatic rings. The Kier molecular flexibility index (Phi) is 3.13. The van der Waals surface area contributed by atoms with Gasteiger partial charge in [-0.2, -0.15) is 5.26 Å². The fourth-order valence-corrected chi connectivity index (χ4v) is 2.17. The van der Waals surface area contributed by atoms with Gasteiger partial charge in [-0.05, 0) is 36.4 Å². The van der Waals surface area contributed by atoms with E-state index in [9.17, 15) is 4.39 Å².